The van der Waals surface area contributed by atoms with Gasteiger partial charge in [-0.3, -0.25) is 0 Å². The largest absolute Gasteiger partial charge is 0.393 e. The molecule has 0 radical (unpaired) electrons. The predicted molar refractivity (Wildman–Crippen MR) is 60.0 cm³/mol. The zero-order valence-corrected chi connectivity index (χ0v) is 9.71. The second-order valence-electron chi connectivity index (χ2n) is 4.24. The van der Waals surface area contributed by atoms with Crippen LogP contribution in [0.3, 0.4) is 0 Å². The van der Waals surface area contributed by atoms with E-state index < -0.39 is 0 Å². The molecule has 1 aliphatic rings. The summed E-state index contributed by atoms with van der Waals surface area (Å²) in [5.41, 5.74) is 8.17. The third-order valence-electron chi connectivity index (χ3n) is 2.82. The lowest BCUT2D eigenvalue weighted by molar-refractivity contribution is 0.0209. The first-order valence-electron chi connectivity index (χ1n) is 4.74. The van der Waals surface area contributed by atoms with Gasteiger partial charge in [0, 0.05) is 10.0 Å². The highest BCUT2D eigenvalue weighted by Gasteiger charge is 2.41. The molecule has 0 amide bonds. The Kier molecular flexibility index (Phi) is 2.41. The number of aliphatic hydroxyl groups excluding tert-OH is 1. The molecule has 2 rings (SSSR count). The SMILES string of the molecule is Cc1cc(Br)cc(C2(N)CC(O)C2)c1. The van der Waals surface area contributed by atoms with Crippen molar-refractivity contribution < 1.29 is 5.11 Å². The van der Waals surface area contributed by atoms with Crippen LogP contribution in [0.4, 0.5) is 0 Å². The molecule has 1 aromatic carbocycles. The smallest absolute Gasteiger partial charge is 0.0582 e. The van der Waals surface area contributed by atoms with Gasteiger partial charge in [0.05, 0.1) is 6.10 Å². The number of rotatable bonds is 1. The van der Waals surface area contributed by atoms with Crippen molar-refractivity contribution in [2.24, 2.45) is 5.73 Å². The lowest BCUT2D eigenvalue weighted by atomic mass is 9.70. The molecule has 0 saturated heterocycles. The summed E-state index contributed by atoms with van der Waals surface area (Å²) in [7, 11) is 0. The molecule has 14 heavy (non-hydrogen) atoms. The molecule has 1 aromatic rings. The van der Waals surface area contributed by atoms with Gasteiger partial charge in [0.2, 0.25) is 0 Å². The summed E-state index contributed by atoms with van der Waals surface area (Å²) in [6.07, 6.45) is 1.12. The Balaban J connectivity index is 2.32. The number of aryl methyl sites for hydroxylation is 1. The van der Waals surface area contributed by atoms with Gasteiger partial charge in [-0.1, -0.05) is 22.0 Å². The van der Waals surface area contributed by atoms with Crippen molar-refractivity contribution in [2.45, 2.75) is 31.4 Å². The monoisotopic (exact) mass is 255 g/mol. The Morgan fingerprint density at radius 3 is 2.57 bits per heavy atom. The highest BCUT2D eigenvalue weighted by molar-refractivity contribution is 9.10. The van der Waals surface area contributed by atoms with Gasteiger partial charge < -0.3 is 10.8 Å². The summed E-state index contributed by atoms with van der Waals surface area (Å²) in [4.78, 5) is 0. The Hall–Kier alpha value is -0.380. The molecule has 0 heterocycles. The van der Waals surface area contributed by atoms with E-state index in [0.29, 0.717) is 12.8 Å². The number of nitrogens with two attached hydrogens (primary N) is 1. The molecule has 3 heteroatoms. The van der Waals surface area contributed by atoms with Gasteiger partial charge in [-0.05, 0) is 43.0 Å². The number of aliphatic hydroxyl groups is 1. The number of halogens is 1. The molecule has 0 atom stereocenters. The van der Waals surface area contributed by atoms with Crippen molar-refractivity contribution in [3.63, 3.8) is 0 Å². The maximum absolute atomic E-state index is 9.29. The first-order valence-corrected chi connectivity index (χ1v) is 5.53. The van der Waals surface area contributed by atoms with E-state index in [2.05, 4.69) is 28.1 Å². The Labute approximate surface area is 92.3 Å². The fourth-order valence-electron chi connectivity index (χ4n) is 2.04. The summed E-state index contributed by atoms with van der Waals surface area (Å²) in [6.45, 7) is 2.05. The molecule has 0 spiro atoms. The molecule has 0 unspecified atom stereocenters. The molecule has 1 saturated carbocycles. The van der Waals surface area contributed by atoms with Crippen LogP contribution in [0.1, 0.15) is 24.0 Å². The van der Waals surface area contributed by atoms with Crippen molar-refractivity contribution in [3.8, 4) is 0 Å². The van der Waals surface area contributed by atoms with Gasteiger partial charge in [0.1, 0.15) is 0 Å². The first-order chi connectivity index (χ1) is 6.49. The molecule has 0 bridgehead atoms. The van der Waals surface area contributed by atoms with E-state index in [1.54, 1.807) is 0 Å². The summed E-state index contributed by atoms with van der Waals surface area (Å²) in [6, 6.07) is 6.19. The normalized spacial score (nSPS) is 31.3. The predicted octanol–water partition coefficient (Wildman–Crippen LogP) is 2.07. The van der Waals surface area contributed by atoms with Gasteiger partial charge in [-0.2, -0.15) is 0 Å². The van der Waals surface area contributed by atoms with E-state index >= 15 is 0 Å². The van der Waals surface area contributed by atoms with Crippen molar-refractivity contribution in [1.29, 1.82) is 0 Å². The first kappa shape index (κ1) is 10.1. The van der Waals surface area contributed by atoms with Crippen molar-refractivity contribution >= 4 is 15.9 Å². The Morgan fingerprint density at radius 1 is 1.43 bits per heavy atom. The van der Waals surface area contributed by atoms with Crippen molar-refractivity contribution in [1.82, 2.24) is 0 Å². The average molecular weight is 256 g/mol. The van der Waals surface area contributed by atoms with E-state index in [9.17, 15) is 5.11 Å². The fraction of sp³-hybridized carbons (Fsp3) is 0.455. The lowest BCUT2D eigenvalue weighted by Crippen LogP contribution is -2.51. The van der Waals surface area contributed by atoms with Crippen LogP contribution in [0, 0.1) is 6.92 Å². The van der Waals surface area contributed by atoms with E-state index in [1.807, 2.05) is 13.0 Å². The highest BCUT2D eigenvalue weighted by Crippen LogP contribution is 2.40. The fourth-order valence-corrected chi connectivity index (χ4v) is 2.65. The minimum atomic E-state index is -0.312. The maximum atomic E-state index is 9.29. The minimum Gasteiger partial charge on any atom is -0.393 e. The number of benzene rings is 1. The van der Waals surface area contributed by atoms with Gasteiger partial charge >= 0.3 is 0 Å². The Morgan fingerprint density at radius 2 is 2.07 bits per heavy atom. The van der Waals surface area contributed by atoms with E-state index in [4.69, 9.17) is 5.73 Å². The van der Waals surface area contributed by atoms with E-state index in [1.165, 1.54) is 5.56 Å². The average Bonchev–Trinajstić information content (AvgIpc) is 1.99. The molecule has 2 nitrogen and oxygen atoms in total. The van der Waals surface area contributed by atoms with Crippen molar-refractivity contribution in [2.75, 3.05) is 0 Å². The summed E-state index contributed by atoms with van der Waals surface area (Å²) < 4.78 is 1.05. The second kappa shape index (κ2) is 3.33. The Bertz CT molecular complexity index is 338. The maximum Gasteiger partial charge on any atom is 0.0582 e. The summed E-state index contributed by atoms with van der Waals surface area (Å²) in [5.74, 6) is 0. The van der Waals surface area contributed by atoms with Crippen LogP contribution in [-0.2, 0) is 5.54 Å². The lowest BCUT2D eigenvalue weighted by Gasteiger charge is -2.42. The third kappa shape index (κ3) is 1.72. The molecule has 0 aliphatic heterocycles. The van der Waals surface area contributed by atoms with Crippen LogP contribution in [0.2, 0.25) is 0 Å². The molecule has 3 N–H and O–H groups in total. The van der Waals surface area contributed by atoms with Crippen LogP contribution in [-0.4, -0.2) is 11.2 Å². The van der Waals surface area contributed by atoms with Crippen LogP contribution in [0.25, 0.3) is 0 Å². The van der Waals surface area contributed by atoms with Gasteiger partial charge in [-0.15, -0.1) is 0 Å². The third-order valence-corrected chi connectivity index (χ3v) is 3.27. The van der Waals surface area contributed by atoms with E-state index in [-0.39, 0.29) is 11.6 Å². The van der Waals surface area contributed by atoms with Crippen molar-refractivity contribution in [3.05, 3.63) is 33.8 Å². The second-order valence-corrected chi connectivity index (χ2v) is 5.15. The van der Waals surface area contributed by atoms with Gasteiger partial charge in [0.15, 0.2) is 0 Å². The molecule has 1 fully saturated rings. The number of hydrogen-bond donors (Lipinski definition) is 2. The molecular weight excluding hydrogens is 242 g/mol. The van der Waals surface area contributed by atoms with E-state index in [0.717, 1.165) is 10.0 Å². The summed E-state index contributed by atoms with van der Waals surface area (Å²) >= 11 is 3.46. The van der Waals surface area contributed by atoms with Crippen LogP contribution >= 0.6 is 15.9 Å². The molecule has 0 aromatic heterocycles. The standard InChI is InChI=1S/C11H14BrNO/c1-7-2-8(4-9(12)3-7)11(13)5-10(14)6-11/h2-4,10,14H,5-6,13H2,1H3. The highest BCUT2D eigenvalue weighted by atomic mass is 79.9. The van der Waals surface area contributed by atoms with Crippen LogP contribution in [0.5, 0.6) is 0 Å². The quantitative estimate of drug-likeness (QED) is 0.807. The van der Waals surface area contributed by atoms with Gasteiger partial charge in [-0.25, -0.2) is 0 Å². The van der Waals surface area contributed by atoms with Gasteiger partial charge in [0.25, 0.3) is 0 Å². The molecule has 1 aliphatic carbocycles. The summed E-state index contributed by atoms with van der Waals surface area (Å²) in [5, 5.41) is 9.29. The zero-order valence-electron chi connectivity index (χ0n) is 8.13. The minimum absolute atomic E-state index is 0.223. The van der Waals surface area contributed by atoms with Crippen LogP contribution in [0.15, 0.2) is 22.7 Å². The molecular formula is C11H14BrNO. The zero-order chi connectivity index (χ0) is 10.3. The number of hydrogen-bond acceptors (Lipinski definition) is 2. The van der Waals surface area contributed by atoms with Crippen LogP contribution < -0.4 is 5.73 Å². The topological polar surface area (TPSA) is 46.2 Å². The molecule has 76 valence electrons.